The van der Waals surface area contributed by atoms with Crippen molar-refractivity contribution in [2.45, 2.75) is 18.5 Å². The molecular formula is C9H15N3O2. The van der Waals surface area contributed by atoms with Crippen molar-refractivity contribution in [3.05, 3.63) is 24.0 Å². The minimum absolute atomic E-state index is 0.0210. The van der Waals surface area contributed by atoms with Crippen molar-refractivity contribution < 1.29 is 9.90 Å². The molecule has 0 aliphatic carbocycles. The van der Waals surface area contributed by atoms with Crippen LogP contribution in [0.5, 0.6) is 0 Å². The van der Waals surface area contributed by atoms with E-state index in [-0.39, 0.29) is 6.04 Å². The van der Waals surface area contributed by atoms with Crippen molar-refractivity contribution in [2.24, 2.45) is 5.73 Å². The highest BCUT2D eigenvalue weighted by Crippen LogP contribution is 2.16. The second kappa shape index (κ2) is 4.78. The van der Waals surface area contributed by atoms with Gasteiger partial charge in [0.25, 0.3) is 0 Å². The second-order valence-corrected chi connectivity index (χ2v) is 3.17. The second-order valence-electron chi connectivity index (χ2n) is 3.17. The summed E-state index contributed by atoms with van der Waals surface area (Å²) in [5, 5.41) is 11.7. The fraction of sp³-hybridized carbons (Fsp3) is 0.444. The summed E-state index contributed by atoms with van der Waals surface area (Å²) >= 11 is 0. The molecule has 2 unspecified atom stereocenters. The van der Waals surface area contributed by atoms with Gasteiger partial charge in [-0.3, -0.25) is 4.79 Å². The van der Waals surface area contributed by atoms with Crippen LogP contribution in [-0.2, 0) is 4.79 Å². The van der Waals surface area contributed by atoms with Gasteiger partial charge in [0.2, 0.25) is 0 Å². The molecule has 0 aromatic carbocycles. The average Bonchev–Trinajstić information content (AvgIpc) is 2.66. The Labute approximate surface area is 82.3 Å². The molecule has 5 N–H and O–H groups in total. The molecule has 0 fully saturated rings. The Morgan fingerprint density at radius 1 is 1.79 bits per heavy atom. The lowest BCUT2D eigenvalue weighted by molar-refractivity contribution is -0.138. The molecule has 0 spiro atoms. The number of carboxylic acid groups (broad SMARTS) is 1. The highest BCUT2D eigenvalue weighted by Gasteiger charge is 2.18. The maximum Gasteiger partial charge on any atom is 0.320 e. The summed E-state index contributed by atoms with van der Waals surface area (Å²) in [6, 6.07) is 1.05. The molecule has 0 bridgehead atoms. The number of rotatable bonds is 5. The number of aliphatic carboxylic acids is 1. The molecule has 1 heterocycles. The van der Waals surface area contributed by atoms with Gasteiger partial charge in [-0.25, -0.2) is 0 Å². The molecule has 1 rings (SSSR count). The number of nitrogens with one attached hydrogen (secondary N) is 2. The first-order valence-corrected chi connectivity index (χ1v) is 4.43. The first-order chi connectivity index (χ1) is 6.65. The highest BCUT2D eigenvalue weighted by molar-refractivity contribution is 5.73. The fourth-order valence-corrected chi connectivity index (χ4v) is 1.33. The zero-order chi connectivity index (χ0) is 10.6. The molecule has 0 aliphatic heterocycles. The van der Waals surface area contributed by atoms with Crippen molar-refractivity contribution in [3.63, 3.8) is 0 Å². The lowest BCUT2D eigenvalue weighted by Crippen LogP contribution is -2.34. The van der Waals surface area contributed by atoms with Gasteiger partial charge in [0.15, 0.2) is 0 Å². The van der Waals surface area contributed by atoms with Gasteiger partial charge in [-0.05, 0) is 25.1 Å². The molecule has 1 aromatic rings. The van der Waals surface area contributed by atoms with Crippen LogP contribution in [0.1, 0.15) is 18.0 Å². The zero-order valence-corrected chi connectivity index (χ0v) is 8.03. The van der Waals surface area contributed by atoms with Crippen LogP contribution in [0.25, 0.3) is 0 Å². The monoisotopic (exact) mass is 197 g/mol. The standard InChI is InChI=1S/C9H15N3O2/c1-11-8(4-7(10)9(13)14)6-2-3-12-5-6/h2-3,5,7-8,11-12H,4,10H2,1H3,(H,13,14). The van der Waals surface area contributed by atoms with Crippen molar-refractivity contribution in [1.82, 2.24) is 10.3 Å². The SMILES string of the molecule is CNC(CC(N)C(=O)O)c1cc[nH]c1. The number of aromatic amines is 1. The van der Waals surface area contributed by atoms with Crippen LogP contribution in [0.15, 0.2) is 18.5 Å². The Morgan fingerprint density at radius 3 is 2.93 bits per heavy atom. The number of H-pyrrole nitrogens is 1. The minimum atomic E-state index is -0.971. The molecule has 2 atom stereocenters. The largest absolute Gasteiger partial charge is 0.480 e. The molecule has 78 valence electrons. The summed E-state index contributed by atoms with van der Waals surface area (Å²) in [6.45, 7) is 0. The van der Waals surface area contributed by atoms with Crippen molar-refractivity contribution in [1.29, 1.82) is 0 Å². The molecule has 1 aromatic heterocycles. The maximum atomic E-state index is 10.6. The molecule has 0 radical (unpaired) electrons. The van der Waals surface area contributed by atoms with Gasteiger partial charge < -0.3 is 21.1 Å². The van der Waals surface area contributed by atoms with E-state index in [1.165, 1.54) is 0 Å². The van der Waals surface area contributed by atoms with E-state index < -0.39 is 12.0 Å². The topological polar surface area (TPSA) is 91.1 Å². The predicted octanol–water partition coefficient (Wildman–Crippen LogP) is 0.0772. The number of carboxylic acids is 1. The molecule has 0 saturated carbocycles. The van der Waals surface area contributed by atoms with E-state index in [9.17, 15) is 4.79 Å². The van der Waals surface area contributed by atoms with Gasteiger partial charge in [0.1, 0.15) is 6.04 Å². The van der Waals surface area contributed by atoms with E-state index >= 15 is 0 Å². The minimum Gasteiger partial charge on any atom is -0.480 e. The van der Waals surface area contributed by atoms with Crippen LogP contribution in [0.3, 0.4) is 0 Å². The lowest BCUT2D eigenvalue weighted by atomic mass is 10.0. The van der Waals surface area contributed by atoms with Crippen LogP contribution in [0.4, 0.5) is 0 Å². The summed E-state index contributed by atoms with van der Waals surface area (Å²) < 4.78 is 0. The molecule has 14 heavy (non-hydrogen) atoms. The van der Waals surface area contributed by atoms with E-state index in [1.807, 2.05) is 12.3 Å². The summed E-state index contributed by atoms with van der Waals surface area (Å²) in [5.41, 5.74) is 6.47. The van der Waals surface area contributed by atoms with Crippen LogP contribution in [0.2, 0.25) is 0 Å². The van der Waals surface area contributed by atoms with Crippen LogP contribution in [-0.4, -0.2) is 29.1 Å². The number of carbonyl (C=O) groups is 1. The smallest absolute Gasteiger partial charge is 0.320 e. The Balaban J connectivity index is 2.60. The normalized spacial score (nSPS) is 15.0. The molecule has 5 nitrogen and oxygen atoms in total. The molecule has 0 aliphatic rings. The van der Waals surface area contributed by atoms with Crippen molar-refractivity contribution in [3.8, 4) is 0 Å². The number of nitrogens with two attached hydrogens (primary N) is 1. The van der Waals surface area contributed by atoms with E-state index in [4.69, 9.17) is 10.8 Å². The third kappa shape index (κ3) is 2.58. The Hall–Kier alpha value is -1.33. The third-order valence-corrected chi connectivity index (χ3v) is 2.18. The number of hydrogen-bond acceptors (Lipinski definition) is 3. The number of aromatic nitrogens is 1. The van der Waals surface area contributed by atoms with Gasteiger partial charge in [0.05, 0.1) is 0 Å². The quantitative estimate of drug-likeness (QED) is 0.538. The third-order valence-electron chi connectivity index (χ3n) is 2.18. The van der Waals surface area contributed by atoms with E-state index in [1.54, 1.807) is 13.2 Å². The van der Waals surface area contributed by atoms with Crippen LogP contribution >= 0.6 is 0 Å². The van der Waals surface area contributed by atoms with Crippen LogP contribution in [0, 0.1) is 0 Å². The van der Waals surface area contributed by atoms with Gasteiger partial charge in [-0.2, -0.15) is 0 Å². The summed E-state index contributed by atoms with van der Waals surface area (Å²) in [7, 11) is 1.78. The van der Waals surface area contributed by atoms with Gasteiger partial charge >= 0.3 is 5.97 Å². The van der Waals surface area contributed by atoms with E-state index in [0.29, 0.717) is 6.42 Å². The first kappa shape index (κ1) is 10.7. The molecular weight excluding hydrogens is 182 g/mol. The molecule has 0 amide bonds. The number of hydrogen-bond donors (Lipinski definition) is 4. The first-order valence-electron chi connectivity index (χ1n) is 4.43. The summed E-state index contributed by atoms with van der Waals surface area (Å²) in [4.78, 5) is 13.5. The molecule has 5 heteroatoms. The summed E-state index contributed by atoms with van der Waals surface area (Å²) in [5.74, 6) is -0.971. The average molecular weight is 197 g/mol. The Kier molecular flexibility index (Phi) is 3.67. The maximum absolute atomic E-state index is 10.6. The van der Waals surface area contributed by atoms with Crippen LogP contribution < -0.4 is 11.1 Å². The fourth-order valence-electron chi connectivity index (χ4n) is 1.33. The zero-order valence-electron chi connectivity index (χ0n) is 8.03. The molecule has 0 saturated heterocycles. The Bertz CT molecular complexity index is 284. The summed E-state index contributed by atoms with van der Waals surface area (Å²) in [6.07, 6.45) is 4.01. The van der Waals surface area contributed by atoms with E-state index in [2.05, 4.69) is 10.3 Å². The highest BCUT2D eigenvalue weighted by atomic mass is 16.4. The Morgan fingerprint density at radius 2 is 2.50 bits per heavy atom. The van der Waals surface area contributed by atoms with Crippen molar-refractivity contribution >= 4 is 5.97 Å². The van der Waals surface area contributed by atoms with Gasteiger partial charge in [0, 0.05) is 18.4 Å². The lowest BCUT2D eigenvalue weighted by Gasteiger charge is -2.16. The van der Waals surface area contributed by atoms with E-state index in [0.717, 1.165) is 5.56 Å². The van der Waals surface area contributed by atoms with Gasteiger partial charge in [-0.1, -0.05) is 0 Å². The predicted molar refractivity (Wildman–Crippen MR) is 52.8 cm³/mol. The van der Waals surface area contributed by atoms with Gasteiger partial charge in [-0.15, -0.1) is 0 Å². The van der Waals surface area contributed by atoms with Crippen molar-refractivity contribution in [2.75, 3.05) is 7.05 Å².